The quantitative estimate of drug-likeness (QED) is 0.776. The molecular formula is C10H13ClFNO. The largest absolute Gasteiger partial charge is 0.378 e. The van der Waals surface area contributed by atoms with Crippen molar-refractivity contribution in [1.29, 1.82) is 0 Å². The highest BCUT2D eigenvalue weighted by Gasteiger charge is 2.17. The average molecular weight is 218 g/mol. The SMILES string of the molecule is Cl.Fc1ccccc1[C@H]1COCCN1. The van der Waals surface area contributed by atoms with Crippen LogP contribution in [0, 0.1) is 5.82 Å². The van der Waals surface area contributed by atoms with Crippen molar-refractivity contribution in [2.45, 2.75) is 6.04 Å². The summed E-state index contributed by atoms with van der Waals surface area (Å²) in [5, 5.41) is 3.21. The van der Waals surface area contributed by atoms with Gasteiger partial charge in [0.1, 0.15) is 5.82 Å². The lowest BCUT2D eigenvalue weighted by Crippen LogP contribution is -2.35. The third kappa shape index (κ3) is 2.44. The Hall–Kier alpha value is -0.640. The summed E-state index contributed by atoms with van der Waals surface area (Å²) >= 11 is 0. The lowest BCUT2D eigenvalue weighted by molar-refractivity contribution is 0.0757. The van der Waals surface area contributed by atoms with Crippen LogP contribution >= 0.6 is 12.4 Å². The molecule has 0 amide bonds. The molecular weight excluding hydrogens is 205 g/mol. The maximum Gasteiger partial charge on any atom is 0.128 e. The highest BCUT2D eigenvalue weighted by molar-refractivity contribution is 5.85. The van der Waals surface area contributed by atoms with Crippen molar-refractivity contribution in [3.05, 3.63) is 35.6 Å². The summed E-state index contributed by atoms with van der Waals surface area (Å²) in [6.45, 7) is 2.06. The van der Waals surface area contributed by atoms with Crippen LogP contribution in [0.25, 0.3) is 0 Å². The van der Waals surface area contributed by atoms with Crippen LogP contribution in [-0.4, -0.2) is 19.8 Å². The van der Waals surface area contributed by atoms with Crippen molar-refractivity contribution in [2.24, 2.45) is 0 Å². The molecule has 1 heterocycles. The predicted octanol–water partition coefficient (Wildman–Crippen LogP) is 1.91. The summed E-state index contributed by atoms with van der Waals surface area (Å²) in [5.74, 6) is -0.162. The van der Waals surface area contributed by atoms with Crippen LogP contribution in [0.1, 0.15) is 11.6 Å². The summed E-state index contributed by atoms with van der Waals surface area (Å²) < 4.78 is 18.5. The van der Waals surface area contributed by atoms with E-state index < -0.39 is 0 Å². The summed E-state index contributed by atoms with van der Waals surface area (Å²) in [6, 6.07) is 6.82. The molecule has 1 N–H and O–H groups in total. The second kappa shape index (κ2) is 5.29. The summed E-state index contributed by atoms with van der Waals surface area (Å²) in [6.07, 6.45) is 0. The van der Waals surface area contributed by atoms with Gasteiger partial charge in [-0.25, -0.2) is 4.39 Å². The molecule has 1 aromatic rings. The van der Waals surface area contributed by atoms with Crippen molar-refractivity contribution in [3.63, 3.8) is 0 Å². The van der Waals surface area contributed by atoms with Gasteiger partial charge in [0.2, 0.25) is 0 Å². The van der Waals surface area contributed by atoms with E-state index in [1.807, 2.05) is 6.07 Å². The fourth-order valence-corrected chi connectivity index (χ4v) is 1.52. The number of rotatable bonds is 1. The van der Waals surface area contributed by atoms with E-state index in [-0.39, 0.29) is 24.3 Å². The molecule has 0 spiro atoms. The Morgan fingerprint density at radius 1 is 1.36 bits per heavy atom. The van der Waals surface area contributed by atoms with Crippen LogP contribution in [0.5, 0.6) is 0 Å². The number of hydrogen-bond acceptors (Lipinski definition) is 2. The van der Waals surface area contributed by atoms with Crippen LogP contribution < -0.4 is 5.32 Å². The Kier molecular flexibility index (Phi) is 4.32. The highest BCUT2D eigenvalue weighted by Crippen LogP contribution is 2.18. The molecule has 1 aliphatic heterocycles. The van der Waals surface area contributed by atoms with Crippen molar-refractivity contribution in [3.8, 4) is 0 Å². The van der Waals surface area contributed by atoms with Gasteiger partial charge < -0.3 is 10.1 Å². The van der Waals surface area contributed by atoms with Gasteiger partial charge >= 0.3 is 0 Å². The van der Waals surface area contributed by atoms with Crippen LogP contribution in [0.3, 0.4) is 0 Å². The number of nitrogens with one attached hydrogen (secondary N) is 1. The molecule has 2 rings (SSSR count). The smallest absolute Gasteiger partial charge is 0.128 e. The normalized spacial score (nSPS) is 21.4. The van der Waals surface area contributed by atoms with Crippen LogP contribution in [0.4, 0.5) is 4.39 Å². The first kappa shape index (κ1) is 11.4. The predicted molar refractivity (Wildman–Crippen MR) is 55.2 cm³/mol. The summed E-state index contributed by atoms with van der Waals surface area (Å²) in [5.41, 5.74) is 0.696. The zero-order valence-corrected chi connectivity index (χ0v) is 8.52. The minimum atomic E-state index is -0.162. The monoisotopic (exact) mass is 217 g/mol. The van der Waals surface area contributed by atoms with E-state index in [1.165, 1.54) is 6.07 Å². The Morgan fingerprint density at radius 3 is 2.79 bits per heavy atom. The highest BCUT2D eigenvalue weighted by atomic mass is 35.5. The maximum absolute atomic E-state index is 13.3. The van der Waals surface area contributed by atoms with E-state index in [0.29, 0.717) is 18.8 Å². The molecule has 0 aromatic heterocycles. The van der Waals surface area contributed by atoms with Crippen molar-refractivity contribution < 1.29 is 9.13 Å². The molecule has 1 saturated heterocycles. The number of hydrogen-bond donors (Lipinski definition) is 1. The summed E-state index contributed by atoms with van der Waals surface area (Å²) in [4.78, 5) is 0. The lowest BCUT2D eigenvalue weighted by atomic mass is 10.1. The molecule has 0 saturated carbocycles. The Morgan fingerprint density at radius 2 is 2.14 bits per heavy atom. The molecule has 0 radical (unpaired) electrons. The third-order valence-electron chi connectivity index (χ3n) is 2.20. The van der Waals surface area contributed by atoms with E-state index >= 15 is 0 Å². The van der Waals surface area contributed by atoms with Crippen molar-refractivity contribution in [1.82, 2.24) is 5.32 Å². The molecule has 1 aliphatic rings. The second-order valence-corrected chi connectivity index (χ2v) is 3.10. The Bertz CT molecular complexity index is 289. The van der Waals surface area contributed by atoms with Gasteiger partial charge in [-0.2, -0.15) is 0 Å². The fourth-order valence-electron chi connectivity index (χ4n) is 1.52. The number of ether oxygens (including phenoxy) is 1. The first-order valence-electron chi connectivity index (χ1n) is 4.43. The third-order valence-corrected chi connectivity index (χ3v) is 2.20. The zero-order valence-electron chi connectivity index (χ0n) is 7.70. The summed E-state index contributed by atoms with van der Waals surface area (Å²) in [7, 11) is 0. The van der Waals surface area contributed by atoms with Gasteiger partial charge in [-0.3, -0.25) is 0 Å². The van der Waals surface area contributed by atoms with Gasteiger partial charge in [0.15, 0.2) is 0 Å². The van der Waals surface area contributed by atoms with E-state index in [2.05, 4.69) is 5.32 Å². The molecule has 14 heavy (non-hydrogen) atoms. The molecule has 0 bridgehead atoms. The second-order valence-electron chi connectivity index (χ2n) is 3.10. The van der Waals surface area contributed by atoms with Crippen molar-refractivity contribution >= 4 is 12.4 Å². The number of halogens is 2. The molecule has 78 valence electrons. The first-order valence-corrected chi connectivity index (χ1v) is 4.43. The minimum absolute atomic E-state index is 0. The van der Waals surface area contributed by atoms with E-state index in [9.17, 15) is 4.39 Å². The van der Waals surface area contributed by atoms with Crippen molar-refractivity contribution in [2.75, 3.05) is 19.8 Å². The van der Waals surface area contributed by atoms with E-state index in [4.69, 9.17) is 4.74 Å². The standard InChI is InChI=1S/C10H12FNO.ClH/c11-9-4-2-1-3-8(9)10-7-13-6-5-12-10;/h1-4,10,12H,5-7H2;1H/t10-;/m1./s1. The van der Waals surface area contributed by atoms with E-state index in [0.717, 1.165) is 6.54 Å². The molecule has 1 aromatic carbocycles. The van der Waals surface area contributed by atoms with Crippen LogP contribution in [0.15, 0.2) is 24.3 Å². The Labute approximate surface area is 88.9 Å². The van der Waals surface area contributed by atoms with Gasteiger partial charge in [-0.1, -0.05) is 18.2 Å². The van der Waals surface area contributed by atoms with Gasteiger partial charge in [0.05, 0.1) is 19.3 Å². The first-order chi connectivity index (χ1) is 6.38. The molecule has 1 fully saturated rings. The lowest BCUT2D eigenvalue weighted by Gasteiger charge is -2.24. The van der Waals surface area contributed by atoms with Gasteiger partial charge in [0.25, 0.3) is 0 Å². The molecule has 1 atom stereocenters. The van der Waals surface area contributed by atoms with Crippen LogP contribution in [-0.2, 0) is 4.74 Å². The molecule has 0 unspecified atom stereocenters. The molecule has 4 heteroatoms. The number of benzene rings is 1. The Balaban J connectivity index is 0.000000980. The minimum Gasteiger partial charge on any atom is -0.378 e. The number of morpholine rings is 1. The van der Waals surface area contributed by atoms with Gasteiger partial charge in [0, 0.05) is 12.1 Å². The molecule has 2 nitrogen and oxygen atoms in total. The fraction of sp³-hybridized carbons (Fsp3) is 0.400. The van der Waals surface area contributed by atoms with E-state index in [1.54, 1.807) is 12.1 Å². The maximum atomic E-state index is 13.3. The molecule has 0 aliphatic carbocycles. The zero-order chi connectivity index (χ0) is 9.10. The van der Waals surface area contributed by atoms with Gasteiger partial charge in [-0.15, -0.1) is 12.4 Å². The topological polar surface area (TPSA) is 21.3 Å². The van der Waals surface area contributed by atoms with Crippen LogP contribution in [0.2, 0.25) is 0 Å². The van der Waals surface area contributed by atoms with Gasteiger partial charge in [-0.05, 0) is 6.07 Å². The average Bonchev–Trinajstić information content (AvgIpc) is 2.20.